The molecular formula is C50H32N4. The molecule has 0 unspecified atom stereocenters. The second-order valence-electron chi connectivity index (χ2n) is 14.4. The molecule has 1 aliphatic rings. The Balaban J connectivity index is 1.06. The van der Waals surface area contributed by atoms with E-state index >= 15 is 0 Å². The van der Waals surface area contributed by atoms with E-state index in [2.05, 4.69) is 208 Å². The zero-order valence-corrected chi connectivity index (χ0v) is 29.3. The molecule has 4 nitrogen and oxygen atoms in total. The second-order valence-corrected chi connectivity index (χ2v) is 14.4. The Morgan fingerprint density at radius 3 is 1.69 bits per heavy atom. The van der Waals surface area contributed by atoms with Crippen molar-refractivity contribution in [2.45, 2.75) is 5.41 Å². The van der Waals surface area contributed by atoms with Crippen LogP contribution in [0.5, 0.6) is 0 Å². The summed E-state index contributed by atoms with van der Waals surface area (Å²) >= 11 is 0. The molecule has 0 saturated carbocycles. The van der Waals surface area contributed by atoms with Crippen LogP contribution in [0.4, 0.5) is 0 Å². The summed E-state index contributed by atoms with van der Waals surface area (Å²) in [6.45, 7) is 0. The van der Waals surface area contributed by atoms with Gasteiger partial charge in [0.25, 0.3) is 0 Å². The zero-order chi connectivity index (χ0) is 35.4. The second kappa shape index (κ2) is 10.9. The molecule has 12 rings (SSSR count). The van der Waals surface area contributed by atoms with E-state index in [0.717, 1.165) is 39.2 Å². The quantitative estimate of drug-likeness (QED) is 0.181. The van der Waals surface area contributed by atoms with E-state index in [0.29, 0.717) is 0 Å². The molecule has 4 heteroatoms. The van der Waals surface area contributed by atoms with Crippen molar-refractivity contribution in [2.75, 3.05) is 0 Å². The lowest BCUT2D eigenvalue weighted by Gasteiger charge is -2.34. The van der Waals surface area contributed by atoms with E-state index in [1.54, 1.807) is 0 Å². The topological polar surface area (TPSA) is 27.2 Å². The molecule has 0 fully saturated rings. The fourth-order valence-electron chi connectivity index (χ4n) is 9.56. The molecule has 0 N–H and O–H groups in total. The van der Waals surface area contributed by atoms with Gasteiger partial charge in [0.05, 0.1) is 38.5 Å². The molecule has 3 aromatic heterocycles. The average Bonchev–Trinajstić information content (AvgIpc) is 3.96. The first-order valence-electron chi connectivity index (χ1n) is 18.6. The Bertz CT molecular complexity index is 3220. The van der Waals surface area contributed by atoms with E-state index in [1.165, 1.54) is 55.2 Å². The van der Waals surface area contributed by atoms with Gasteiger partial charge in [0.2, 0.25) is 5.78 Å². The Kier molecular flexibility index (Phi) is 5.95. The zero-order valence-electron chi connectivity index (χ0n) is 29.3. The summed E-state index contributed by atoms with van der Waals surface area (Å²) in [5, 5.41) is 2.43. The monoisotopic (exact) mass is 688 g/mol. The van der Waals surface area contributed by atoms with Crippen LogP contribution in [-0.4, -0.2) is 18.5 Å². The highest BCUT2D eigenvalue weighted by molar-refractivity contribution is 6.10. The van der Waals surface area contributed by atoms with Gasteiger partial charge in [-0.3, -0.25) is 8.97 Å². The molecule has 8 aromatic carbocycles. The van der Waals surface area contributed by atoms with Gasteiger partial charge in [-0.15, -0.1) is 0 Å². The minimum absolute atomic E-state index is 0.425. The average molecular weight is 689 g/mol. The van der Waals surface area contributed by atoms with Crippen LogP contribution >= 0.6 is 0 Å². The van der Waals surface area contributed by atoms with Gasteiger partial charge in [-0.1, -0.05) is 133 Å². The van der Waals surface area contributed by atoms with Crippen LogP contribution < -0.4 is 0 Å². The van der Waals surface area contributed by atoms with Crippen molar-refractivity contribution in [1.82, 2.24) is 18.5 Å². The van der Waals surface area contributed by atoms with Gasteiger partial charge in [-0.05, 0) is 94.0 Å². The Labute approximate surface area is 311 Å². The van der Waals surface area contributed by atoms with Crippen molar-refractivity contribution >= 4 is 49.7 Å². The first-order valence-corrected chi connectivity index (χ1v) is 18.6. The summed E-state index contributed by atoms with van der Waals surface area (Å²) in [5.74, 6) is 0.915. The van der Waals surface area contributed by atoms with E-state index in [-0.39, 0.29) is 0 Å². The van der Waals surface area contributed by atoms with Crippen molar-refractivity contribution in [1.29, 1.82) is 0 Å². The minimum Gasteiger partial charge on any atom is -0.309 e. The Morgan fingerprint density at radius 1 is 0.370 bits per heavy atom. The van der Waals surface area contributed by atoms with Crippen molar-refractivity contribution in [3.63, 3.8) is 0 Å². The molecule has 0 saturated heterocycles. The predicted octanol–water partition coefficient (Wildman–Crippen LogP) is 11.9. The maximum absolute atomic E-state index is 5.14. The third kappa shape index (κ3) is 3.79. The molecule has 0 amide bonds. The first-order chi connectivity index (χ1) is 26.8. The van der Waals surface area contributed by atoms with Gasteiger partial charge in [-0.2, -0.15) is 0 Å². The molecule has 0 atom stereocenters. The number of aromatic nitrogens is 4. The molecule has 252 valence electrons. The minimum atomic E-state index is -0.425. The van der Waals surface area contributed by atoms with Crippen molar-refractivity contribution in [2.24, 2.45) is 0 Å². The summed E-state index contributed by atoms with van der Waals surface area (Å²) in [6, 6.07) is 70.8. The number of fused-ring (bicyclic) bond motifs is 11. The maximum Gasteiger partial charge on any atom is 0.220 e. The first kappa shape index (κ1) is 29.4. The molecule has 0 radical (unpaired) electrons. The van der Waals surface area contributed by atoms with Crippen LogP contribution in [0.15, 0.2) is 194 Å². The molecule has 0 spiro atoms. The molecule has 0 bridgehead atoms. The van der Waals surface area contributed by atoms with E-state index in [9.17, 15) is 0 Å². The van der Waals surface area contributed by atoms with Crippen LogP contribution in [0.25, 0.3) is 72.2 Å². The maximum atomic E-state index is 5.14. The molecule has 54 heavy (non-hydrogen) atoms. The van der Waals surface area contributed by atoms with Gasteiger partial charge < -0.3 is 4.57 Å². The largest absolute Gasteiger partial charge is 0.309 e. The van der Waals surface area contributed by atoms with E-state index in [1.807, 2.05) is 0 Å². The number of hydrogen-bond acceptors (Lipinski definition) is 1. The molecule has 3 heterocycles. The van der Waals surface area contributed by atoms with Gasteiger partial charge in [0, 0.05) is 22.1 Å². The summed E-state index contributed by atoms with van der Waals surface area (Å²) in [6.07, 6.45) is 0. The summed E-state index contributed by atoms with van der Waals surface area (Å²) in [4.78, 5) is 5.14. The number of imidazole rings is 2. The third-order valence-electron chi connectivity index (χ3n) is 11.7. The molecule has 11 aromatic rings. The highest BCUT2D eigenvalue weighted by Gasteiger charge is 2.45. The molecular weight excluding hydrogens is 657 g/mol. The van der Waals surface area contributed by atoms with Crippen LogP contribution in [0.2, 0.25) is 0 Å². The summed E-state index contributed by atoms with van der Waals surface area (Å²) in [5.41, 5.74) is 16.3. The fraction of sp³-hybridized carbons (Fsp3) is 0.0200. The number of para-hydroxylation sites is 5. The van der Waals surface area contributed by atoms with Crippen LogP contribution in [0.3, 0.4) is 0 Å². The summed E-state index contributed by atoms with van der Waals surface area (Å²) in [7, 11) is 0. The number of hydrogen-bond donors (Lipinski definition) is 0. The SMILES string of the molecule is c1ccc(C2(c3ccc(-n4c5ccccc5c5cc(-n6c7ccccc7n7c8ccccc8nc67)ccc54)cc3)c3ccccc3-c3ccccc32)cc1. The van der Waals surface area contributed by atoms with E-state index in [4.69, 9.17) is 4.98 Å². The Hall–Kier alpha value is -7.17. The smallest absolute Gasteiger partial charge is 0.220 e. The predicted molar refractivity (Wildman–Crippen MR) is 221 cm³/mol. The van der Waals surface area contributed by atoms with Crippen LogP contribution in [0.1, 0.15) is 22.3 Å². The summed E-state index contributed by atoms with van der Waals surface area (Å²) < 4.78 is 7.00. The van der Waals surface area contributed by atoms with Gasteiger partial charge >= 0.3 is 0 Å². The lowest BCUT2D eigenvalue weighted by atomic mass is 9.68. The third-order valence-corrected chi connectivity index (χ3v) is 11.7. The lowest BCUT2D eigenvalue weighted by Crippen LogP contribution is -2.28. The Morgan fingerprint density at radius 2 is 0.926 bits per heavy atom. The van der Waals surface area contributed by atoms with E-state index < -0.39 is 5.41 Å². The number of benzene rings is 8. The van der Waals surface area contributed by atoms with Crippen molar-refractivity contribution in [3.05, 3.63) is 216 Å². The van der Waals surface area contributed by atoms with Crippen LogP contribution in [-0.2, 0) is 5.41 Å². The fourth-order valence-corrected chi connectivity index (χ4v) is 9.56. The molecule has 1 aliphatic carbocycles. The van der Waals surface area contributed by atoms with Crippen molar-refractivity contribution < 1.29 is 0 Å². The lowest BCUT2D eigenvalue weighted by molar-refractivity contribution is 0.768. The van der Waals surface area contributed by atoms with Gasteiger partial charge in [0.1, 0.15) is 0 Å². The van der Waals surface area contributed by atoms with Gasteiger partial charge in [0.15, 0.2) is 0 Å². The van der Waals surface area contributed by atoms with Crippen LogP contribution in [0, 0.1) is 0 Å². The highest BCUT2D eigenvalue weighted by Crippen LogP contribution is 2.56. The van der Waals surface area contributed by atoms with Crippen molar-refractivity contribution in [3.8, 4) is 22.5 Å². The number of nitrogens with zero attached hydrogens (tertiary/aromatic N) is 4. The highest BCUT2D eigenvalue weighted by atomic mass is 15.2. The normalized spacial score (nSPS) is 13.3. The molecule has 0 aliphatic heterocycles. The van der Waals surface area contributed by atoms with Gasteiger partial charge in [-0.25, -0.2) is 4.98 Å². The standard InChI is InChI=1S/C50H32N4/c1-2-14-33(15-3-1)50(41-19-7-4-16-37(41)38-17-5-8-20-42(38)50)34-26-28-35(29-27-34)52-44-22-10-6-18-39(44)40-32-36(30-31-45(40)52)53-47-24-12-13-25-48(47)54-46-23-11-9-21-43(46)51-49(53)54/h1-32H. The number of rotatable bonds is 4.